The molecule has 2 saturated heterocycles. The van der Waals surface area contributed by atoms with Gasteiger partial charge in [0.1, 0.15) is 0 Å². The molecule has 76 valence electrons. The minimum Gasteiger partial charge on any atom is -0.372 e. The maximum Gasteiger partial charge on any atom is 0.281 e. The molecule has 0 aromatic heterocycles. The van der Waals surface area contributed by atoms with Crippen LogP contribution in [0.25, 0.3) is 0 Å². The molecule has 0 N–H and O–H groups in total. The molecular formula is C7H14N2O3S. The molecule has 13 heavy (non-hydrogen) atoms. The van der Waals surface area contributed by atoms with Crippen LogP contribution in [0.5, 0.6) is 0 Å². The van der Waals surface area contributed by atoms with Gasteiger partial charge >= 0.3 is 0 Å². The van der Waals surface area contributed by atoms with Crippen molar-refractivity contribution < 1.29 is 13.2 Å². The molecule has 0 amide bonds. The monoisotopic (exact) mass is 206 g/mol. The van der Waals surface area contributed by atoms with Gasteiger partial charge in [-0.2, -0.15) is 17.0 Å². The Morgan fingerprint density at radius 1 is 1.38 bits per heavy atom. The number of ether oxygens (including phenoxy) is 1. The van der Waals surface area contributed by atoms with Crippen molar-refractivity contribution in [3.63, 3.8) is 0 Å². The van der Waals surface area contributed by atoms with Crippen LogP contribution in [-0.4, -0.2) is 56.4 Å². The van der Waals surface area contributed by atoms with Gasteiger partial charge < -0.3 is 4.74 Å². The molecule has 0 aromatic rings. The van der Waals surface area contributed by atoms with Crippen LogP contribution < -0.4 is 0 Å². The molecule has 2 aliphatic rings. The number of hydrogen-bond acceptors (Lipinski definition) is 3. The van der Waals surface area contributed by atoms with Gasteiger partial charge in [-0.25, -0.2) is 0 Å². The highest BCUT2D eigenvalue weighted by atomic mass is 32.2. The fraction of sp³-hybridized carbons (Fsp3) is 1.00. The molecule has 0 unspecified atom stereocenters. The highest BCUT2D eigenvalue weighted by Gasteiger charge is 2.53. The van der Waals surface area contributed by atoms with Crippen LogP contribution in [0.15, 0.2) is 0 Å². The lowest BCUT2D eigenvalue weighted by molar-refractivity contribution is -0.201. The van der Waals surface area contributed by atoms with E-state index >= 15 is 0 Å². The maximum absolute atomic E-state index is 11.5. The van der Waals surface area contributed by atoms with Crippen molar-refractivity contribution >= 4 is 10.2 Å². The van der Waals surface area contributed by atoms with E-state index < -0.39 is 10.2 Å². The van der Waals surface area contributed by atoms with Crippen LogP contribution in [0.3, 0.4) is 0 Å². The Balaban J connectivity index is 1.99. The van der Waals surface area contributed by atoms with Gasteiger partial charge in [0.15, 0.2) is 0 Å². The summed E-state index contributed by atoms with van der Waals surface area (Å²) in [6.45, 7) is 1.82. The van der Waals surface area contributed by atoms with Crippen LogP contribution in [0.2, 0.25) is 0 Å². The van der Waals surface area contributed by atoms with E-state index in [1.165, 1.54) is 8.61 Å². The van der Waals surface area contributed by atoms with Crippen molar-refractivity contribution in [2.24, 2.45) is 0 Å². The Labute approximate surface area is 78.4 Å². The average molecular weight is 206 g/mol. The molecular weight excluding hydrogens is 192 g/mol. The van der Waals surface area contributed by atoms with E-state index in [4.69, 9.17) is 4.74 Å². The summed E-state index contributed by atoms with van der Waals surface area (Å²) in [4.78, 5) is 0. The van der Waals surface area contributed by atoms with Crippen LogP contribution in [-0.2, 0) is 14.9 Å². The standard InChI is InChI=1S/C7H14N2O3S/c1-8(2)13(10,11)9-5-7(6-9)3-4-12-7/h3-6H2,1-2H3. The topological polar surface area (TPSA) is 49.9 Å². The molecule has 0 atom stereocenters. The Kier molecular flexibility index (Phi) is 1.92. The predicted molar refractivity (Wildman–Crippen MR) is 47.5 cm³/mol. The normalized spacial score (nSPS) is 27.3. The van der Waals surface area contributed by atoms with Gasteiger partial charge in [-0.05, 0) is 0 Å². The first-order valence-corrected chi connectivity index (χ1v) is 5.68. The van der Waals surface area contributed by atoms with E-state index in [1.807, 2.05) is 0 Å². The molecule has 0 aromatic carbocycles. The van der Waals surface area contributed by atoms with Crippen LogP contribution in [0.1, 0.15) is 6.42 Å². The minimum atomic E-state index is -3.20. The van der Waals surface area contributed by atoms with Crippen molar-refractivity contribution in [1.29, 1.82) is 0 Å². The summed E-state index contributed by atoms with van der Waals surface area (Å²) in [6, 6.07) is 0. The Morgan fingerprint density at radius 3 is 2.23 bits per heavy atom. The lowest BCUT2D eigenvalue weighted by atomic mass is 9.89. The van der Waals surface area contributed by atoms with Crippen molar-refractivity contribution in [3.05, 3.63) is 0 Å². The summed E-state index contributed by atoms with van der Waals surface area (Å²) in [6.07, 6.45) is 0.993. The van der Waals surface area contributed by atoms with E-state index in [-0.39, 0.29) is 5.60 Å². The van der Waals surface area contributed by atoms with Crippen LogP contribution in [0, 0.1) is 0 Å². The van der Waals surface area contributed by atoms with E-state index in [9.17, 15) is 8.42 Å². The molecule has 6 heteroatoms. The zero-order valence-electron chi connectivity index (χ0n) is 7.86. The van der Waals surface area contributed by atoms with Crippen LogP contribution in [0.4, 0.5) is 0 Å². The second kappa shape index (κ2) is 2.66. The molecule has 0 bridgehead atoms. The second-order valence-corrected chi connectivity index (χ2v) is 5.98. The molecule has 5 nitrogen and oxygen atoms in total. The van der Waals surface area contributed by atoms with Crippen molar-refractivity contribution in [2.75, 3.05) is 33.8 Å². The first-order chi connectivity index (χ1) is 5.96. The van der Waals surface area contributed by atoms with Gasteiger partial charge in [-0.15, -0.1) is 0 Å². The molecule has 2 rings (SSSR count). The molecule has 2 fully saturated rings. The first kappa shape index (κ1) is 9.39. The molecule has 0 saturated carbocycles. The second-order valence-electron chi connectivity index (χ2n) is 3.84. The summed E-state index contributed by atoms with van der Waals surface area (Å²) in [5.41, 5.74) is -0.122. The number of nitrogens with zero attached hydrogens (tertiary/aromatic N) is 2. The lowest BCUT2D eigenvalue weighted by Gasteiger charge is -2.54. The highest BCUT2D eigenvalue weighted by Crippen LogP contribution is 2.37. The van der Waals surface area contributed by atoms with Gasteiger partial charge in [-0.3, -0.25) is 0 Å². The van der Waals surface area contributed by atoms with Gasteiger partial charge in [0.05, 0.1) is 12.2 Å². The highest BCUT2D eigenvalue weighted by molar-refractivity contribution is 7.86. The number of rotatable bonds is 2. The smallest absolute Gasteiger partial charge is 0.281 e. The van der Waals surface area contributed by atoms with Gasteiger partial charge in [-0.1, -0.05) is 0 Å². The largest absolute Gasteiger partial charge is 0.372 e. The van der Waals surface area contributed by atoms with Gasteiger partial charge in [0, 0.05) is 33.6 Å². The fourth-order valence-corrected chi connectivity index (χ4v) is 2.89. The lowest BCUT2D eigenvalue weighted by Crippen LogP contribution is -2.70. The van der Waals surface area contributed by atoms with E-state index in [2.05, 4.69) is 0 Å². The summed E-state index contributed by atoms with van der Waals surface area (Å²) in [5, 5.41) is 0. The van der Waals surface area contributed by atoms with E-state index in [0.717, 1.165) is 13.0 Å². The molecule has 1 spiro atoms. The van der Waals surface area contributed by atoms with Crippen LogP contribution >= 0.6 is 0 Å². The third kappa shape index (κ3) is 1.28. The van der Waals surface area contributed by atoms with Gasteiger partial charge in [0.25, 0.3) is 10.2 Å². The average Bonchev–Trinajstić information content (AvgIpc) is 1.78. The Hall–Kier alpha value is -0.170. The molecule has 0 aliphatic carbocycles. The SMILES string of the molecule is CN(C)S(=O)(=O)N1CC2(CCO2)C1. The first-order valence-electron chi connectivity index (χ1n) is 4.28. The summed E-state index contributed by atoms with van der Waals surface area (Å²) in [7, 11) is -0.114. The van der Waals surface area contributed by atoms with E-state index in [1.54, 1.807) is 14.1 Å². The van der Waals surface area contributed by atoms with Crippen molar-refractivity contribution in [2.45, 2.75) is 12.0 Å². The third-order valence-electron chi connectivity index (χ3n) is 2.68. The maximum atomic E-state index is 11.5. The summed E-state index contributed by atoms with van der Waals surface area (Å²) < 4.78 is 31.1. The predicted octanol–water partition coefficient (Wildman–Crippen LogP) is -0.732. The Bertz CT molecular complexity index is 300. The Morgan fingerprint density at radius 2 is 1.92 bits per heavy atom. The minimum absolute atomic E-state index is 0.122. The quantitative estimate of drug-likeness (QED) is 0.598. The fourth-order valence-electron chi connectivity index (χ4n) is 1.63. The van der Waals surface area contributed by atoms with E-state index in [0.29, 0.717) is 13.1 Å². The van der Waals surface area contributed by atoms with Gasteiger partial charge in [0.2, 0.25) is 0 Å². The molecule has 2 heterocycles. The van der Waals surface area contributed by atoms with Crippen molar-refractivity contribution in [1.82, 2.24) is 8.61 Å². The third-order valence-corrected chi connectivity index (χ3v) is 4.52. The molecule has 0 radical (unpaired) electrons. The molecule has 2 aliphatic heterocycles. The number of hydrogen-bond donors (Lipinski definition) is 0. The zero-order chi connectivity index (χ0) is 9.69. The summed E-state index contributed by atoms with van der Waals surface area (Å²) in [5.74, 6) is 0. The summed E-state index contributed by atoms with van der Waals surface area (Å²) >= 11 is 0. The van der Waals surface area contributed by atoms with Crippen molar-refractivity contribution in [3.8, 4) is 0 Å². The zero-order valence-corrected chi connectivity index (χ0v) is 8.67.